The molecule has 0 N–H and O–H groups in total. The Balaban J connectivity index is 2.38. The highest BCUT2D eigenvalue weighted by atomic mass is 16.2. The Labute approximate surface area is 87.1 Å². The van der Waals surface area contributed by atoms with Crippen molar-refractivity contribution in [1.82, 2.24) is 9.80 Å². The second-order valence-electron chi connectivity index (χ2n) is 4.84. The molecule has 3 heteroatoms. The molecule has 1 saturated heterocycles. The molecule has 0 aromatic heterocycles. The van der Waals surface area contributed by atoms with Gasteiger partial charge in [0, 0.05) is 25.6 Å². The van der Waals surface area contributed by atoms with Crippen LogP contribution in [-0.2, 0) is 4.79 Å². The minimum absolute atomic E-state index is 0.323. The Kier molecular flexibility index (Phi) is 3.93. The van der Waals surface area contributed by atoms with E-state index in [1.807, 2.05) is 4.90 Å². The van der Waals surface area contributed by atoms with Gasteiger partial charge in [0.2, 0.25) is 5.91 Å². The molecule has 1 fully saturated rings. The molecule has 0 aromatic rings. The molecule has 0 saturated carbocycles. The van der Waals surface area contributed by atoms with E-state index in [0.717, 1.165) is 19.5 Å². The molecule has 0 spiro atoms. The highest BCUT2D eigenvalue weighted by Gasteiger charge is 2.27. The average Bonchev–Trinajstić information content (AvgIpc) is 2.50. The van der Waals surface area contributed by atoms with E-state index >= 15 is 0 Å². The molecule has 1 amide bonds. The van der Waals surface area contributed by atoms with E-state index < -0.39 is 0 Å². The highest BCUT2D eigenvalue weighted by molar-refractivity contribution is 5.76. The smallest absolute Gasteiger partial charge is 0.222 e. The molecule has 1 aliphatic heterocycles. The van der Waals surface area contributed by atoms with Crippen molar-refractivity contribution in [3.63, 3.8) is 0 Å². The van der Waals surface area contributed by atoms with Gasteiger partial charge in [-0.3, -0.25) is 4.79 Å². The molecular weight excluding hydrogens is 176 g/mol. The van der Waals surface area contributed by atoms with Crippen molar-refractivity contribution in [2.24, 2.45) is 5.92 Å². The molecule has 1 aliphatic rings. The minimum Gasteiger partial charge on any atom is -0.341 e. The van der Waals surface area contributed by atoms with Gasteiger partial charge < -0.3 is 9.80 Å². The van der Waals surface area contributed by atoms with E-state index in [-0.39, 0.29) is 0 Å². The number of rotatable bonds is 3. The zero-order valence-electron chi connectivity index (χ0n) is 9.79. The second kappa shape index (κ2) is 4.78. The van der Waals surface area contributed by atoms with Gasteiger partial charge in [-0.1, -0.05) is 13.8 Å². The van der Waals surface area contributed by atoms with Crippen LogP contribution < -0.4 is 0 Å². The van der Waals surface area contributed by atoms with E-state index in [1.165, 1.54) is 0 Å². The summed E-state index contributed by atoms with van der Waals surface area (Å²) in [5, 5.41) is 0. The SMILES string of the molecule is CC(C)CC(=O)N1CC[C@H](N(C)C)C1. The van der Waals surface area contributed by atoms with Crippen molar-refractivity contribution < 1.29 is 4.79 Å². The molecule has 82 valence electrons. The Morgan fingerprint density at radius 1 is 1.50 bits per heavy atom. The van der Waals surface area contributed by atoms with Gasteiger partial charge in [0.05, 0.1) is 0 Å². The molecule has 0 bridgehead atoms. The first-order valence-electron chi connectivity index (χ1n) is 5.45. The third-order valence-corrected chi connectivity index (χ3v) is 2.83. The summed E-state index contributed by atoms with van der Waals surface area (Å²) in [7, 11) is 4.17. The van der Waals surface area contributed by atoms with Gasteiger partial charge in [-0.25, -0.2) is 0 Å². The summed E-state index contributed by atoms with van der Waals surface area (Å²) in [5.41, 5.74) is 0. The minimum atomic E-state index is 0.323. The second-order valence-corrected chi connectivity index (χ2v) is 4.84. The first-order chi connectivity index (χ1) is 6.50. The zero-order valence-corrected chi connectivity index (χ0v) is 9.79. The largest absolute Gasteiger partial charge is 0.341 e. The summed E-state index contributed by atoms with van der Waals surface area (Å²) < 4.78 is 0. The van der Waals surface area contributed by atoms with Crippen molar-refractivity contribution in [3.8, 4) is 0 Å². The van der Waals surface area contributed by atoms with Gasteiger partial charge in [0.15, 0.2) is 0 Å². The quantitative estimate of drug-likeness (QED) is 0.680. The normalized spacial score (nSPS) is 22.4. The number of hydrogen-bond acceptors (Lipinski definition) is 2. The molecule has 1 heterocycles. The number of likely N-dealkylation sites (tertiary alicyclic amines) is 1. The molecule has 0 unspecified atom stereocenters. The number of carbonyl (C=O) groups is 1. The Hall–Kier alpha value is -0.570. The lowest BCUT2D eigenvalue weighted by Crippen LogP contribution is -2.34. The topological polar surface area (TPSA) is 23.6 Å². The number of likely N-dealkylation sites (N-methyl/N-ethyl adjacent to an activating group) is 1. The van der Waals surface area contributed by atoms with Gasteiger partial charge in [0.25, 0.3) is 0 Å². The monoisotopic (exact) mass is 198 g/mol. The van der Waals surface area contributed by atoms with E-state index in [0.29, 0.717) is 24.3 Å². The van der Waals surface area contributed by atoms with Crippen molar-refractivity contribution in [2.75, 3.05) is 27.2 Å². The molecule has 0 aliphatic carbocycles. The maximum absolute atomic E-state index is 11.7. The van der Waals surface area contributed by atoms with Crippen molar-refractivity contribution >= 4 is 5.91 Å². The Morgan fingerprint density at radius 2 is 2.14 bits per heavy atom. The zero-order chi connectivity index (χ0) is 10.7. The average molecular weight is 198 g/mol. The van der Waals surface area contributed by atoms with Gasteiger partial charge in [-0.05, 0) is 26.4 Å². The van der Waals surface area contributed by atoms with E-state index in [4.69, 9.17) is 0 Å². The summed E-state index contributed by atoms with van der Waals surface area (Å²) in [6, 6.07) is 0.561. The van der Waals surface area contributed by atoms with Gasteiger partial charge in [-0.15, -0.1) is 0 Å². The van der Waals surface area contributed by atoms with Crippen LogP contribution in [0.4, 0.5) is 0 Å². The third-order valence-electron chi connectivity index (χ3n) is 2.83. The van der Waals surface area contributed by atoms with Gasteiger partial charge in [0.1, 0.15) is 0 Å². The molecule has 3 nitrogen and oxygen atoms in total. The molecule has 0 aromatic carbocycles. The standard InChI is InChI=1S/C11H22N2O/c1-9(2)7-11(14)13-6-5-10(8-13)12(3)4/h9-10H,5-8H2,1-4H3/t10-/m0/s1. The maximum Gasteiger partial charge on any atom is 0.222 e. The number of carbonyl (C=O) groups excluding carboxylic acids is 1. The van der Waals surface area contributed by atoms with Crippen LogP contribution in [0, 0.1) is 5.92 Å². The van der Waals surface area contributed by atoms with Crippen LogP contribution in [0.2, 0.25) is 0 Å². The van der Waals surface area contributed by atoms with Crippen molar-refractivity contribution in [1.29, 1.82) is 0 Å². The van der Waals surface area contributed by atoms with Crippen LogP contribution in [-0.4, -0.2) is 48.9 Å². The summed E-state index contributed by atoms with van der Waals surface area (Å²) in [4.78, 5) is 15.9. The molecule has 1 rings (SSSR count). The summed E-state index contributed by atoms with van der Waals surface area (Å²) >= 11 is 0. The summed E-state index contributed by atoms with van der Waals surface area (Å²) in [6.45, 7) is 6.04. The fraction of sp³-hybridized carbons (Fsp3) is 0.909. The number of nitrogens with zero attached hydrogens (tertiary/aromatic N) is 2. The number of amides is 1. The fourth-order valence-electron chi connectivity index (χ4n) is 1.87. The first-order valence-corrected chi connectivity index (χ1v) is 5.45. The van der Waals surface area contributed by atoms with Gasteiger partial charge in [-0.2, -0.15) is 0 Å². The van der Waals surface area contributed by atoms with Crippen LogP contribution in [0.25, 0.3) is 0 Å². The fourth-order valence-corrected chi connectivity index (χ4v) is 1.87. The molecule has 1 atom stereocenters. The summed E-state index contributed by atoms with van der Waals surface area (Å²) in [6.07, 6.45) is 1.82. The van der Waals surface area contributed by atoms with Crippen LogP contribution in [0.3, 0.4) is 0 Å². The van der Waals surface area contributed by atoms with Gasteiger partial charge >= 0.3 is 0 Å². The van der Waals surface area contributed by atoms with Crippen LogP contribution >= 0.6 is 0 Å². The lowest BCUT2D eigenvalue weighted by Gasteiger charge is -2.21. The lowest BCUT2D eigenvalue weighted by atomic mass is 10.1. The predicted octanol–water partition coefficient (Wildman–Crippen LogP) is 1.20. The summed E-state index contributed by atoms with van der Waals surface area (Å²) in [5.74, 6) is 0.797. The Bertz CT molecular complexity index is 201. The predicted molar refractivity (Wildman–Crippen MR) is 58.1 cm³/mol. The maximum atomic E-state index is 11.7. The van der Waals surface area contributed by atoms with Crippen LogP contribution in [0.1, 0.15) is 26.7 Å². The Morgan fingerprint density at radius 3 is 2.57 bits per heavy atom. The van der Waals surface area contributed by atoms with Crippen molar-refractivity contribution in [2.45, 2.75) is 32.7 Å². The van der Waals surface area contributed by atoms with E-state index in [1.54, 1.807) is 0 Å². The van der Waals surface area contributed by atoms with Crippen LogP contribution in [0.15, 0.2) is 0 Å². The third kappa shape index (κ3) is 2.98. The van der Waals surface area contributed by atoms with Crippen molar-refractivity contribution in [3.05, 3.63) is 0 Å². The first kappa shape index (κ1) is 11.5. The van der Waals surface area contributed by atoms with E-state index in [9.17, 15) is 4.79 Å². The van der Waals surface area contributed by atoms with Crippen LogP contribution in [0.5, 0.6) is 0 Å². The molecule has 14 heavy (non-hydrogen) atoms. The molecule has 0 radical (unpaired) electrons. The molecular formula is C11H22N2O. The highest BCUT2D eigenvalue weighted by Crippen LogP contribution is 2.15. The van der Waals surface area contributed by atoms with E-state index in [2.05, 4.69) is 32.8 Å². The number of hydrogen-bond donors (Lipinski definition) is 0. The lowest BCUT2D eigenvalue weighted by molar-refractivity contribution is -0.131.